The number of aryl methyl sites for hydroxylation is 3. The molecule has 0 saturated carbocycles. The van der Waals surface area contributed by atoms with Crippen molar-refractivity contribution in [2.45, 2.75) is 32.6 Å². The van der Waals surface area contributed by atoms with E-state index in [1.807, 2.05) is 0 Å². The molecule has 104 valence electrons. The van der Waals surface area contributed by atoms with E-state index in [9.17, 15) is 9.90 Å². The van der Waals surface area contributed by atoms with E-state index < -0.39 is 5.97 Å². The van der Waals surface area contributed by atoms with Crippen LogP contribution in [-0.2, 0) is 12.8 Å². The zero-order valence-corrected chi connectivity index (χ0v) is 11.8. The van der Waals surface area contributed by atoms with Crippen molar-refractivity contribution in [3.63, 3.8) is 0 Å². The first-order valence-corrected chi connectivity index (χ1v) is 6.92. The predicted octanol–water partition coefficient (Wildman–Crippen LogP) is 2.81. The Morgan fingerprint density at radius 3 is 2.80 bits per heavy atom. The van der Waals surface area contributed by atoms with Crippen molar-refractivity contribution in [2.75, 3.05) is 0 Å². The molecule has 0 spiro atoms. The van der Waals surface area contributed by atoms with Gasteiger partial charge in [-0.3, -0.25) is 0 Å². The second-order valence-corrected chi connectivity index (χ2v) is 5.39. The van der Waals surface area contributed by atoms with Crippen LogP contribution < -0.4 is 0 Å². The number of pyridine rings is 1. The number of fused-ring (bicyclic) bond motifs is 1. The van der Waals surface area contributed by atoms with Crippen LogP contribution in [0.1, 0.15) is 40.2 Å². The standard InChI is InChI=1S/C14H14ClN3O2/c1-8-11(15)7-18(17-8)13-10(14(19)20)6-9-4-2-3-5-12(9)16-13/h6-7H,2-5H2,1H3,(H,19,20). The summed E-state index contributed by atoms with van der Waals surface area (Å²) in [6.07, 6.45) is 5.55. The molecule has 5 nitrogen and oxygen atoms in total. The largest absolute Gasteiger partial charge is 0.478 e. The van der Waals surface area contributed by atoms with Crippen LogP contribution in [0.2, 0.25) is 5.02 Å². The van der Waals surface area contributed by atoms with Gasteiger partial charge in [-0.05, 0) is 44.2 Å². The van der Waals surface area contributed by atoms with Gasteiger partial charge >= 0.3 is 5.97 Å². The third kappa shape index (κ3) is 2.18. The summed E-state index contributed by atoms with van der Waals surface area (Å²) in [6, 6.07) is 1.73. The van der Waals surface area contributed by atoms with Crippen LogP contribution in [0.3, 0.4) is 0 Å². The monoisotopic (exact) mass is 291 g/mol. The smallest absolute Gasteiger partial charge is 0.339 e. The molecule has 0 fully saturated rings. The van der Waals surface area contributed by atoms with Crippen molar-refractivity contribution >= 4 is 17.6 Å². The Balaban J connectivity index is 2.19. The summed E-state index contributed by atoms with van der Waals surface area (Å²) in [4.78, 5) is 16.0. The topological polar surface area (TPSA) is 68.0 Å². The van der Waals surface area contributed by atoms with Gasteiger partial charge in [0.1, 0.15) is 5.56 Å². The molecule has 0 amide bonds. The highest BCUT2D eigenvalue weighted by Crippen LogP contribution is 2.25. The van der Waals surface area contributed by atoms with E-state index >= 15 is 0 Å². The molecule has 0 saturated heterocycles. The third-order valence-electron chi connectivity index (χ3n) is 3.57. The van der Waals surface area contributed by atoms with Crippen LogP contribution in [0.4, 0.5) is 0 Å². The molecule has 1 N–H and O–H groups in total. The zero-order valence-electron chi connectivity index (χ0n) is 11.1. The Morgan fingerprint density at radius 2 is 2.15 bits per heavy atom. The van der Waals surface area contributed by atoms with Crippen LogP contribution in [-0.4, -0.2) is 25.8 Å². The van der Waals surface area contributed by atoms with E-state index in [4.69, 9.17) is 11.6 Å². The fraction of sp³-hybridized carbons (Fsp3) is 0.357. The molecule has 2 aromatic rings. The second-order valence-electron chi connectivity index (χ2n) is 4.98. The van der Waals surface area contributed by atoms with Crippen LogP contribution in [0.5, 0.6) is 0 Å². The molecule has 1 aliphatic carbocycles. The summed E-state index contributed by atoms with van der Waals surface area (Å²) in [5.74, 6) is -0.654. The lowest BCUT2D eigenvalue weighted by molar-refractivity contribution is 0.0696. The molecule has 3 rings (SSSR count). The van der Waals surface area contributed by atoms with E-state index in [0.29, 0.717) is 16.5 Å². The van der Waals surface area contributed by atoms with Gasteiger partial charge in [0, 0.05) is 5.69 Å². The van der Waals surface area contributed by atoms with E-state index in [1.54, 1.807) is 19.2 Å². The van der Waals surface area contributed by atoms with Gasteiger partial charge in [0.05, 0.1) is 16.9 Å². The van der Waals surface area contributed by atoms with Crippen molar-refractivity contribution in [1.29, 1.82) is 0 Å². The van der Waals surface area contributed by atoms with E-state index in [1.165, 1.54) is 4.68 Å². The normalized spacial score (nSPS) is 14.1. The Hall–Kier alpha value is -1.88. The number of halogens is 1. The predicted molar refractivity (Wildman–Crippen MR) is 74.7 cm³/mol. The van der Waals surface area contributed by atoms with Gasteiger partial charge in [-0.15, -0.1) is 0 Å². The summed E-state index contributed by atoms with van der Waals surface area (Å²) in [5, 5.41) is 14.1. The summed E-state index contributed by atoms with van der Waals surface area (Å²) in [5.41, 5.74) is 2.83. The third-order valence-corrected chi connectivity index (χ3v) is 3.94. The van der Waals surface area contributed by atoms with Crippen molar-refractivity contribution in [1.82, 2.24) is 14.8 Å². The van der Waals surface area contributed by atoms with E-state index in [-0.39, 0.29) is 5.56 Å². The Labute approximate surface area is 121 Å². The quantitative estimate of drug-likeness (QED) is 0.924. The maximum Gasteiger partial charge on any atom is 0.339 e. The first kappa shape index (κ1) is 13.1. The van der Waals surface area contributed by atoms with Crippen molar-refractivity contribution in [2.24, 2.45) is 0 Å². The second kappa shape index (κ2) is 4.90. The summed E-state index contributed by atoms with van der Waals surface area (Å²) in [6.45, 7) is 1.78. The van der Waals surface area contributed by atoms with Crippen molar-refractivity contribution < 1.29 is 9.90 Å². The molecular formula is C14H14ClN3O2. The lowest BCUT2D eigenvalue weighted by Gasteiger charge is -2.17. The first-order valence-electron chi connectivity index (χ1n) is 6.54. The number of carbonyl (C=O) groups is 1. The van der Waals surface area contributed by atoms with E-state index in [2.05, 4.69) is 10.1 Å². The number of rotatable bonds is 2. The van der Waals surface area contributed by atoms with Crippen LogP contribution in [0, 0.1) is 6.92 Å². The molecule has 0 unspecified atom stereocenters. The molecule has 6 heteroatoms. The molecule has 0 aliphatic heterocycles. The number of carboxylic acid groups (broad SMARTS) is 1. The maximum atomic E-state index is 11.5. The highest BCUT2D eigenvalue weighted by atomic mass is 35.5. The minimum Gasteiger partial charge on any atom is -0.478 e. The number of hydrogen-bond acceptors (Lipinski definition) is 3. The van der Waals surface area contributed by atoms with Crippen molar-refractivity contribution in [3.05, 3.63) is 39.8 Å². The fourth-order valence-corrected chi connectivity index (χ4v) is 2.63. The Kier molecular flexibility index (Phi) is 3.22. The summed E-state index contributed by atoms with van der Waals surface area (Å²) < 4.78 is 1.45. The van der Waals surface area contributed by atoms with Gasteiger partial charge in [-0.1, -0.05) is 11.6 Å². The van der Waals surface area contributed by atoms with Gasteiger partial charge in [-0.2, -0.15) is 5.10 Å². The highest BCUT2D eigenvalue weighted by molar-refractivity contribution is 6.31. The molecule has 2 aromatic heterocycles. The molecule has 20 heavy (non-hydrogen) atoms. The number of carboxylic acids is 1. The SMILES string of the molecule is Cc1nn(-c2nc3c(cc2C(=O)O)CCCC3)cc1Cl. The first-order chi connectivity index (χ1) is 9.56. The highest BCUT2D eigenvalue weighted by Gasteiger charge is 2.21. The molecule has 2 heterocycles. The van der Waals surface area contributed by atoms with Gasteiger partial charge in [-0.25, -0.2) is 14.5 Å². The van der Waals surface area contributed by atoms with Crippen LogP contribution in [0.15, 0.2) is 12.3 Å². The molecule has 0 bridgehead atoms. The summed E-state index contributed by atoms with van der Waals surface area (Å²) in [7, 11) is 0. The lowest BCUT2D eigenvalue weighted by Crippen LogP contribution is -2.14. The van der Waals surface area contributed by atoms with Gasteiger partial charge in [0.15, 0.2) is 5.82 Å². The van der Waals surface area contributed by atoms with Gasteiger partial charge in [0.25, 0.3) is 0 Å². The average molecular weight is 292 g/mol. The molecule has 0 radical (unpaired) electrons. The fourth-order valence-electron chi connectivity index (χ4n) is 2.50. The zero-order chi connectivity index (χ0) is 14.3. The molecular weight excluding hydrogens is 278 g/mol. The maximum absolute atomic E-state index is 11.5. The summed E-state index contributed by atoms with van der Waals surface area (Å²) >= 11 is 6.00. The Bertz CT molecular complexity index is 674. The molecule has 0 aromatic carbocycles. The molecule has 1 aliphatic rings. The Morgan fingerprint density at radius 1 is 1.40 bits per heavy atom. The van der Waals surface area contributed by atoms with Crippen LogP contribution >= 0.6 is 11.6 Å². The lowest BCUT2D eigenvalue weighted by atomic mass is 9.95. The van der Waals surface area contributed by atoms with Crippen molar-refractivity contribution in [3.8, 4) is 5.82 Å². The van der Waals surface area contributed by atoms with Gasteiger partial charge < -0.3 is 5.11 Å². The minimum atomic E-state index is -0.995. The molecule has 0 atom stereocenters. The van der Waals surface area contributed by atoms with Gasteiger partial charge in [0.2, 0.25) is 0 Å². The number of aromatic carboxylic acids is 1. The van der Waals surface area contributed by atoms with Crippen LogP contribution in [0.25, 0.3) is 5.82 Å². The number of nitrogens with zero attached hydrogens (tertiary/aromatic N) is 3. The number of aromatic nitrogens is 3. The average Bonchev–Trinajstić information content (AvgIpc) is 2.77. The number of hydrogen-bond donors (Lipinski definition) is 1. The minimum absolute atomic E-state index is 0.171. The van der Waals surface area contributed by atoms with E-state index in [0.717, 1.165) is 36.9 Å².